The number of hydrogen-bond donors (Lipinski definition) is 0. The van der Waals surface area contributed by atoms with Crippen LogP contribution in [0.1, 0.15) is 105 Å². The first-order valence-corrected chi connectivity index (χ1v) is 16.2. The van der Waals surface area contributed by atoms with Crippen molar-refractivity contribution in [1.82, 2.24) is 0 Å². The van der Waals surface area contributed by atoms with E-state index in [1.54, 1.807) is 11.1 Å². The lowest BCUT2D eigenvalue weighted by molar-refractivity contribution is -0.191. The topological polar surface area (TPSA) is 71.1 Å². The van der Waals surface area contributed by atoms with E-state index in [2.05, 4.69) is 39.0 Å². The van der Waals surface area contributed by atoms with Gasteiger partial charge in [0, 0.05) is 13.3 Å². The van der Waals surface area contributed by atoms with Gasteiger partial charge in [-0.1, -0.05) is 43.2 Å². The maximum atomic E-state index is 11.5. The highest BCUT2D eigenvalue weighted by molar-refractivity contribution is 5.69. The van der Waals surface area contributed by atoms with Gasteiger partial charge in [-0.05, 0) is 118 Å². The molecule has 0 bridgehead atoms. The van der Waals surface area contributed by atoms with Crippen LogP contribution in [-0.2, 0) is 28.5 Å². The Bertz CT molecular complexity index is 1060. The molecular weight excluding hydrogens is 516 g/mol. The van der Waals surface area contributed by atoms with Crippen LogP contribution in [0.5, 0.6) is 0 Å². The Morgan fingerprint density at radius 2 is 1.90 bits per heavy atom. The van der Waals surface area contributed by atoms with Gasteiger partial charge < -0.3 is 18.9 Å². The largest absolute Gasteiger partial charge is 0.469 e. The molecule has 6 heteroatoms. The van der Waals surface area contributed by atoms with Gasteiger partial charge in [-0.25, -0.2) is 0 Å². The average Bonchev–Trinajstić information content (AvgIpc) is 3.31. The summed E-state index contributed by atoms with van der Waals surface area (Å²) in [4.78, 5) is 22.7. The summed E-state index contributed by atoms with van der Waals surface area (Å²) in [7, 11) is 1.47. The second-order valence-electron chi connectivity index (χ2n) is 13.9. The third-order valence-corrected chi connectivity index (χ3v) is 11.7. The van der Waals surface area contributed by atoms with Gasteiger partial charge in [0.25, 0.3) is 0 Å². The Labute approximate surface area is 247 Å². The third kappa shape index (κ3) is 6.39. The number of carbonyl (C=O) groups is 2. The number of methoxy groups -OCH3 is 1. The molecule has 4 aliphatic carbocycles. The van der Waals surface area contributed by atoms with E-state index in [1.807, 2.05) is 6.08 Å². The molecule has 228 valence electrons. The van der Waals surface area contributed by atoms with Crippen LogP contribution in [0.3, 0.4) is 0 Å². The molecule has 3 saturated carbocycles. The second-order valence-corrected chi connectivity index (χ2v) is 13.9. The highest BCUT2D eigenvalue weighted by atomic mass is 16.7. The first kappa shape index (κ1) is 30.5. The number of esters is 2. The normalized spacial score (nSPS) is 40.2. The minimum atomic E-state index is -0.363. The number of hydrogen-bond acceptors (Lipinski definition) is 6. The predicted molar refractivity (Wildman–Crippen MR) is 159 cm³/mol. The van der Waals surface area contributed by atoms with Crippen LogP contribution >= 0.6 is 0 Å². The molecule has 5 aliphatic rings. The zero-order chi connectivity index (χ0) is 29.2. The van der Waals surface area contributed by atoms with Crippen LogP contribution in [0.15, 0.2) is 35.5 Å². The van der Waals surface area contributed by atoms with E-state index in [-0.39, 0.29) is 42.5 Å². The quantitative estimate of drug-likeness (QED) is 0.163. The summed E-state index contributed by atoms with van der Waals surface area (Å²) in [6, 6.07) is 0. The smallest absolute Gasteiger partial charge is 0.305 e. The fraction of sp³-hybridized carbons (Fsp3) is 0.771. The van der Waals surface area contributed by atoms with E-state index in [0.717, 1.165) is 49.9 Å². The Morgan fingerprint density at radius 1 is 1.07 bits per heavy atom. The molecule has 0 aromatic heterocycles. The van der Waals surface area contributed by atoms with Crippen LogP contribution in [0.2, 0.25) is 0 Å². The summed E-state index contributed by atoms with van der Waals surface area (Å²) in [5.41, 5.74) is 3.83. The highest BCUT2D eigenvalue weighted by Gasteiger charge is 2.58. The third-order valence-electron chi connectivity index (χ3n) is 11.7. The molecular formula is C35H52O6. The van der Waals surface area contributed by atoms with Gasteiger partial charge in [-0.15, -0.1) is 0 Å². The lowest BCUT2D eigenvalue weighted by atomic mass is 9.47. The Kier molecular flexibility index (Phi) is 9.50. The van der Waals surface area contributed by atoms with Gasteiger partial charge in [0.2, 0.25) is 0 Å². The maximum Gasteiger partial charge on any atom is 0.305 e. The second kappa shape index (κ2) is 12.8. The molecule has 9 atom stereocenters. The zero-order valence-corrected chi connectivity index (χ0v) is 26.0. The molecule has 0 radical (unpaired) electrons. The van der Waals surface area contributed by atoms with Crippen molar-refractivity contribution in [2.24, 2.45) is 34.5 Å². The monoisotopic (exact) mass is 568 g/mol. The first-order chi connectivity index (χ1) is 19.6. The molecule has 1 aliphatic heterocycles. The SMILES string of the molecule is COC(=O)CCC/C=C(\C)[C@H]1CC[C@H]2[C@@H]3CC=C4C[C@@H](OC5C=CC[C@@H](COC(C)=O)O5)CC[C@]4(C)[C@H]3CC[C@]12C. The summed E-state index contributed by atoms with van der Waals surface area (Å²) >= 11 is 0. The fourth-order valence-corrected chi connectivity index (χ4v) is 9.53. The molecule has 1 heterocycles. The number of ether oxygens (including phenoxy) is 4. The van der Waals surface area contributed by atoms with Gasteiger partial charge in [-0.2, -0.15) is 0 Å². The maximum absolute atomic E-state index is 11.5. The molecule has 0 N–H and O–H groups in total. The van der Waals surface area contributed by atoms with Crippen molar-refractivity contribution in [3.63, 3.8) is 0 Å². The van der Waals surface area contributed by atoms with Gasteiger partial charge in [0.1, 0.15) is 6.61 Å². The lowest BCUT2D eigenvalue weighted by Gasteiger charge is -2.58. The van der Waals surface area contributed by atoms with Crippen molar-refractivity contribution >= 4 is 11.9 Å². The number of unbranched alkanes of at least 4 members (excludes halogenated alkanes) is 1. The van der Waals surface area contributed by atoms with Crippen molar-refractivity contribution in [3.8, 4) is 0 Å². The first-order valence-electron chi connectivity index (χ1n) is 16.2. The highest BCUT2D eigenvalue weighted by Crippen LogP contribution is 2.67. The summed E-state index contributed by atoms with van der Waals surface area (Å²) in [6.07, 6.45) is 21.6. The van der Waals surface area contributed by atoms with Crippen molar-refractivity contribution in [3.05, 3.63) is 35.5 Å². The molecule has 6 nitrogen and oxygen atoms in total. The number of rotatable bonds is 9. The zero-order valence-electron chi connectivity index (χ0n) is 26.0. The Hall–Kier alpha value is -1.92. The van der Waals surface area contributed by atoms with E-state index >= 15 is 0 Å². The van der Waals surface area contributed by atoms with Crippen LogP contribution in [0, 0.1) is 34.5 Å². The predicted octanol–water partition coefficient (Wildman–Crippen LogP) is 7.47. The fourth-order valence-electron chi connectivity index (χ4n) is 9.53. The number of fused-ring (bicyclic) bond motifs is 5. The Balaban J connectivity index is 1.19. The van der Waals surface area contributed by atoms with Crippen LogP contribution in [-0.4, -0.2) is 44.2 Å². The molecule has 5 rings (SSSR count). The molecule has 0 aromatic carbocycles. The summed E-state index contributed by atoms with van der Waals surface area (Å²) in [5.74, 6) is 2.63. The van der Waals surface area contributed by atoms with Crippen molar-refractivity contribution < 1.29 is 28.5 Å². The van der Waals surface area contributed by atoms with Crippen molar-refractivity contribution in [1.29, 1.82) is 0 Å². The molecule has 41 heavy (non-hydrogen) atoms. The molecule has 0 saturated heterocycles. The average molecular weight is 569 g/mol. The van der Waals surface area contributed by atoms with Gasteiger partial charge in [-0.3, -0.25) is 9.59 Å². The van der Waals surface area contributed by atoms with E-state index in [9.17, 15) is 9.59 Å². The van der Waals surface area contributed by atoms with E-state index < -0.39 is 0 Å². The summed E-state index contributed by atoms with van der Waals surface area (Å²) in [5, 5.41) is 0. The van der Waals surface area contributed by atoms with E-state index in [4.69, 9.17) is 18.9 Å². The minimum absolute atomic E-state index is 0.106. The van der Waals surface area contributed by atoms with Gasteiger partial charge in [0.05, 0.1) is 19.3 Å². The number of allylic oxidation sites excluding steroid dienone is 3. The van der Waals surface area contributed by atoms with Gasteiger partial charge in [0.15, 0.2) is 6.29 Å². The molecule has 3 fully saturated rings. The Morgan fingerprint density at radius 3 is 2.68 bits per heavy atom. The molecule has 1 unspecified atom stereocenters. The molecule has 0 spiro atoms. The van der Waals surface area contributed by atoms with Crippen molar-refractivity contribution in [2.45, 2.75) is 123 Å². The molecule has 0 amide bonds. The minimum Gasteiger partial charge on any atom is -0.469 e. The van der Waals surface area contributed by atoms with Crippen LogP contribution in [0.4, 0.5) is 0 Å². The summed E-state index contributed by atoms with van der Waals surface area (Å²) < 4.78 is 22.5. The number of carbonyl (C=O) groups excluding carboxylic acids is 2. The van der Waals surface area contributed by atoms with Crippen LogP contribution in [0.25, 0.3) is 0 Å². The summed E-state index contributed by atoms with van der Waals surface area (Å²) in [6.45, 7) is 9.20. The van der Waals surface area contributed by atoms with Crippen LogP contribution < -0.4 is 0 Å². The van der Waals surface area contributed by atoms with E-state index in [0.29, 0.717) is 17.8 Å². The lowest BCUT2D eigenvalue weighted by Crippen LogP contribution is -2.50. The molecule has 0 aromatic rings. The van der Waals surface area contributed by atoms with E-state index in [1.165, 1.54) is 52.6 Å². The van der Waals surface area contributed by atoms with Crippen molar-refractivity contribution in [2.75, 3.05) is 13.7 Å². The standard InChI is InChI=1S/C35H52O6/c1-23(9-6-7-11-32(37)38-5)29-15-16-30-28-14-13-25-21-26(17-19-34(25,3)31(28)18-20-35(29,30)4)40-33-12-8-10-27(41-33)22-39-24(2)36/h8-9,12-13,26-31,33H,6-7,10-11,14-22H2,1-5H3/b23-9+/t26-,27-,28-,29+,30-,31-,33?,34-,35+/m0/s1. The van der Waals surface area contributed by atoms with Gasteiger partial charge >= 0.3 is 11.9 Å².